The van der Waals surface area contributed by atoms with E-state index in [0.29, 0.717) is 28.7 Å². The Balaban J connectivity index is 1.88. The minimum atomic E-state index is -1.30. The topological polar surface area (TPSA) is 67.2 Å². The van der Waals surface area contributed by atoms with Crippen LogP contribution in [0.3, 0.4) is 0 Å². The second-order valence-electron chi connectivity index (χ2n) is 5.18. The van der Waals surface area contributed by atoms with Crippen LogP contribution in [-0.4, -0.2) is 27.3 Å². The van der Waals surface area contributed by atoms with Gasteiger partial charge in [0.25, 0.3) is 5.91 Å². The van der Waals surface area contributed by atoms with Crippen molar-refractivity contribution in [1.82, 2.24) is 15.1 Å². The highest BCUT2D eigenvalue weighted by Gasteiger charge is 2.18. The molecule has 5 nitrogen and oxygen atoms in total. The number of aliphatic hydroxyl groups is 1. The van der Waals surface area contributed by atoms with Gasteiger partial charge in [0.1, 0.15) is 0 Å². The summed E-state index contributed by atoms with van der Waals surface area (Å²) < 4.78 is 1.80. The summed E-state index contributed by atoms with van der Waals surface area (Å²) in [5.74, 6) is -0.301. The van der Waals surface area contributed by atoms with Crippen molar-refractivity contribution in [2.24, 2.45) is 5.92 Å². The molecule has 0 aliphatic rings. The molecule has 1 amide bonds. The van der Waals surface area contributed by atoms with Gasteiger partial charge in [-0.15, -0.1) is 0 Å². The fourth-order valence-electron chi connectivity index (χ4n) is 2.05. The van der Waals surface area contributed by atoms with Crippen LogP contribution >= 0.6 is 23.2 Å². The molecule has 22 heavy (non-hydrogen) atoms. The summed E-state index contributed by atoms with van der Waals surface area (Å²) in [6.45, 7) is 3.11. The average Bonchev–Trinajstić information content (AvgIpc) is 2.95. The minimum Gasteiger partial charge on any atom is -0.378 e. The lowest BCUT2D eigenvalue weighted by Crippen LogP contribution is -2.33. The Morgan fingerprint density at radius 3 is 2.64 bits per heavy atom. The molecule has 0 radical (unpaired) electrons. The number of aromatic nitrogens is 2. The Bertz CT molecular complexity index is 611. The Morgan fingerprint density at radius 2 is 2.05 bits per heavy atom. The largest absolute Gasteiger partial charge is 0.378 e. The first-order chi connectivity index (χ1) is 10.5. The van der Waals surface area contributed by atoms with Gasteiger partial charge in [0, 0.05) is 35.5 Å². The van der Waals surface area contributed by atoms with E-state index >= 15 is 0 Å². The molecule has 118 valence electrons. The predicted octanol–water partition coefficient (Wildman–Crippen LogP) is 2.68. The van der Waals surface area contributed by atoms with Crippen molar-refractivity contribution >= 4 is 29.1 Å². The maximum Gasteiger partial charge on any atom is 0.253 e. The number of aliphatic hydroxyl groups excluding tert-OH is 1. The summed E-state index contributed by atoms with van der Waals surface area (Å²) >= 11 is 11.7. The molecule has 1 heterocycles. The summed E-state index contributed by atoms with van der Waals surface area (Å²) in [6.07, 6.45) is 2.27. The Kier molecular flexibility index (Phi) is 5.83. The Hall–Kier alpha value is -1.56. The van der Waals surface area contributed by atoms with Crippen molar-refractivity contribution in [2.45, 2.75) is 19.6 Å². The fourth-order valence-corrected chi connectivity index (χ4v) is 2.59. The maximum absolute atomic E-state index is 12.0. The van der Waals surface area contributed by atoms with Crippen molar-refractivity contribution in [3.05, 3.63) is 52.3 Å². The molecule has 1 aromatic carbocycles. The third-order valence-electron chi connectivity index (χ3n) is 3.13. The van der Waals surface area contributed by atoms with E-state index in [1.165, 1.54) is 12.1 Å². The van der Waals surface area contributed by atoms with Gasteiger partial charge in [-0.1, -0.05) is 30.1 Å². The Morgan fingerprint density at radius 1 is 1.36 bits per heavy atom. The smallest absolute Gasteiger partial charge is 0.253 e. The molecule has 2 N–H and O–H groups in total. The average molecular weight is 342 g/mol. The van der Waals surface area contributed by atoms with Crippen LogP contribution in [0.2, 0.25) is 10.0 Å². The van der Waals surface area contributed by atoms with Crippen LogP contribution in [0.5, 0.6) is 0 Å². The molecule has 2 rings (SSSR count). The number of benzene rings is 1. The third kappa shape index (κ3) is 4.73. The number of carbonyl (C=O) groups is 1. The fraction of sp³-hybridized carbons (Fsp3) is 0.333. The van der Waals surface area contributed by atoms with Gasteiger partial charge in [-0.25, -0.2) is 0 Å². The van der Waals surface area contributed by atoms with Crippen molar-refractivity contribution in [2.75, 3.05) is 6.54 Å². The van der Waals surface area contributed by atoms with Gasteiger partial charge in [-0.05, 0) is 35.7 Å². The quantitative estimate of drug-likeness (QED) is 0.848. The second-order valence-corrected chi connectivity index (χ2v) is 6.06. The van der Waals surface area contributed by atoms with E-state index in [1.807, 2.05) is 19.2 Å². The van der Waals surface area contributed by atoms with Crippen molar-refractivity contribution < 1.29 is 9.90 Å². The highest BCUT2D eigenvalue weighted by molar-refractivity contribution is 6.34. The van der Waals surface area contributed by atoms with Gasteiger partial charge < -0.3 is 10.4 Å². The number of carbonyl (C=O) groups excluding carboxylic acids is 1. The molecular weight excluding hydrogens is 325 g/mol. The molecule has 0 aliphatic heterocycles. The van der Waals surface area contributed by atoms with E-state index in [2.05, 4.69) is 10.4 Å². The van der Waals surface area contributed by atoms with Crippen LogP contribution < -0.4 is 5.32 Å². The molecule has 0 saturated carbocycles. The SMILES string of the molecule is C[C@H](CNC(=O)[C@H](O)c1cc(Cl)cc(Cl)c1)Cn1cccn1. The first-order valence-corrected chi connectivity index (χ1v) is 7.60. The number of nitrogens with zero attached hydrogens (tertiary/aromatic N) is 2. The maximum atomic E-state index is 12.0. The van der Waals surface area contributed by atoms with Crippen LogP contribution in [0.4, 0.5) is 0 Å². The zero-order valence-corrected chi connectivity index (χ0v) is 13.6. The lowest BCUT2D eigenvalue weighted by Gasteiger charge is -2.16. The zero-order valence-electron chi connectivity index (χ0n) is 12.0. The molecule has 0 aliphatic carbocycles. The zero-order chi connectivity index (χ0) is 16.1. The molecule has 7 heteroatoms. The lowest BCUT2D eigenvalue weighted by molar-refractivity contribution is -0.129. The van der Waals surface area contributed by atoms with Gasteiger partial charge >= 0.3 is 0 Å². The molecule has 0 spiro atoms. The highest BCUT2D eigenvalue weighted by Crippen LogP contribution is 2.23. The third-order valence-corrected chi connectivity index (χ3v) is 3.57. The minimum absolute atomic E-state index is 0.180. The first-order valence-electron chi connectivity index (χ1n) is 6.85. The standard InChI is InChI=1S/C15H17Cl2N3O2/c1-10(9-20-4-2-3-19-20)8-18-15(22)14(21)11-5-12(16)7-13(17)6-11/h2-7,10,14,21H,8-9H2,1H3,(H,18,22)/t10-,14-/m1/s1. The summed E-state index contributed by atoms with van der Waals surface area (Å²) in [5.41, 5.74) is 0.370. The van der Waals surface area contributed by atoms with Gasteiger partial charge in [0.05, 0.1) is 0 Å². The van der Waals surface area contributed by atoms with E-state index in [9.17, 15) is 9.90 Å². The molecule has 2 atom stereocenters. The van der Waals surface area contributed by atoms with Crippen LogP contribution in [0.15, 0.2) is 36.7 Å². The molecule has 2 aromatic rings. The van der Waals surface area contributed by atoms with Gasteiger partial charge in [0.15, 0.2) is 6.10 Å². The molecule has 0 saturated heterocycles. The normalized spacial score (nSPS) is 13.6. The number of amides is 1. The summed E-state index contributed by atoms with van der Waals surface area (Å²) in [4.78, 5) is 12.0. The summed E-state index contributed by atoms with van der Waals surface area (Å²) in [5, 5.41) is 17.6. The number of nitrogens with one attached hydrogen (secondary N) is 1. The predicted molar refractivity (Wildman–Crippen MR) is 85.8 cm³/mol. The van der Waals surface area contributed by atoms with Crippen LogP contribution in [-0.2, 0) is 11.3 Å². The van der Waals surface area contributed by atoms with Gasteiger partial charge in [-0.3, -0.25) is 9.48 Å². The van der Waals surface area contributed by atoms with E-state index in [4.69, 9.17) is 23.2 Å². The van der Waals surface area contributed by atoms with E-state index in [0.717, 1.165) is 0 Å². The molecule has 0 bridgehead atoms. The van der Waals surface area contributed by atoms with Crippen molar-refractivity contribution in [1.29, 1.82) is 0 Å². The number of hydrogen-bond acceptors (Lipinski definition) is 3. The van der Waals surface area contributed by atoms with Crippen LogP contribution in [0.1, 0.15) is 18.6 Å². The molecule has 0 fully saturated rings. The van der Waals surface area contributed by atoms with Crippen LogP contribution in [0.25, 0.3) is 0 Å². The molecule has 1 aromatic heterocycles. The van der Waals surface area contributed by atoms with Crippen molar-refractivity contribution in [3.63, 3.8) is 0 Å². The van der Waals surface area contributed by atoms with E-state index in [1.54, 1.807) is 16.9 Å². The number of hydrogen-bond donors (Lipinski definition) is 2. The van der Waals surface area contributed by atoms with E-state index in [-0.39, 0.29) is 5.92 Å². The van der Waals surface area contributed by atoms with E-state index < -0.39 is 12.0 Å². The monoisotopic (exact) mass is 341 g/mol. The lowest BCUT2D eigenvalue weighted by atomic mass is 10.1. The number of rotatable bonds is 6. The summed E-state index contributed by atoms with van der Waals surface area (Å²) in [7, 11) is 0. The number of halogens is 2. The van der Waals surface area contributed by atoms with Gasteiger partial charge in [0.2, 0.25) is 0 Å². The van der Waals surface area contributed by atoms with Crippen LogP contribution in [0, 0.1) is 5.92 Å². The van der Waals surface area contributed by atoms with Crippen molar-refractivity contribution in [3.8, 4) is 0 Å². The Labute approximate surface area is 138 Å². The highest BCUT2D eigenvalue weighted by atomic mass is 35.5. The summed E-state index contributed by atoms with van der Waals surface area (Å²) in [6, 6.07) is 6.43. The molecule has 0 unspecified atom stereocenters. The second kappa shape index (κ2) is 7.63. The molecular formula is C15H17Cl2N3O2. The van der Waals surface area contributed by atoms with Gasteiger partial charge in [-0.2, -0.15) is 5.10 Å². The first kappa shape index (κ1) is 16.8.